The number of nitrogens with zero attached hydrogens (tertiary/aromatic N) is 3. The van der Waals surface area contributed by atoms with Gasteiger partial charge in [-0.1, -0.05) is 24.3 Å². The SMILES string of the molecule is Cc1ncc2c(n1)CN(C1CCCc3ccccc31)CC2. The van der Waals surface area contributed by atoms with Crippen molar-refractivity contribution in [1.29, 1.82) is 0 Å². The summed E-state index contributed by atoms with van der Waals surface area (Å²) in [6.45, 7) is 4.07. The quantitative estimate of drug-likeness (QED) is 0.802. The number of aryl methyl sites for hydroxylation is 2. The maximum Gasteiger partial charge on any atom is 0.125 e. The zero-order valence-corrected chi connectivity index (χ0v) is 12.5. The average molecular weight is 279 g/mol. The second-order valence-corrected chi connectivity index (χ2v) is 6.22. The van der Waals surface area contributed by atoms with Gasteiger partial charge in [0, 0.05) is 25.3 Å². The molecule has 1 atom stereocenters. The number of benzene rings is 1. The van der Waals surface area contributed by atoms with Gasteiger partial charge in [-0.3, -0.25) is 4.90 Å². The molecule has 108 valence electrons. The van der Waals surface area contributed by atoms with Crippen LogP contribution in [-0.2, 0) is 19.4 Å². The van der Waals surface area contributed by atoms with Crippen molar-refractivity contribution in [2.24, 2.45) is 0 Å². The van der Waals surface area contributed by atoms with Crippen LogP contribution in [0.3, 0.4) is 0 Å². The predicted octanol–water partition coefficient (Wildman–Crippen LogP) is 3.22. The van der Waals surface area contributed by atoms with Crippen LogP contribution in [0.4, 0.5) is 0 Å². The molecular weight excluding hydrogens is 258 g/mol. The lowest BCUT2D eigenvalue weighted by Gasteiger charge is -2.38. The van der Waals surface area contributed by atoms with Crippen LogP contribution in [-0.4, -0.2) is 21.4 Å². The van der Waals surface area contributed by atoms with Crippen molar-refractivity contribution < 1.29 is 0 Å². The van der Waals surface area contributed by atoms with Crippen LogP contribution in [0.5, 0.6) is 0 Å². The first kappa shape index (κ1) is 13.0. The number of fused-ring (bicyclic) bond motifs is 2. The average Bonchev–Trinajstić information content (AvgIpc) is 2.53. The Balaban J connectivity index is 1.64. The van der Waals surface area contributed by atoms with E-state index in [2.05, 4.69) is 39.1 Å². The Morgan fingerprint density at radius 2 is 2.05 bits per heavy atom. The molecule has 1 aliphatic carbocycles. The van der Waals surface area contributed by atoms with Gasteiger partial charge in [-0.05, 0) is 49.3 Å². The molecule has 1 unspecified atom stereocenters. The summed E-state index contributed by atoms with van der Waals surface area (Å²) in [6, 6.07) is 9.54. The Morgan fingerprint density at radius 3 is 3.00 bits per heavy atom. The lowest BCUT2D eigenvalue weighted by Crippen LogP contribution is -2.36. The normalized spacial score (nSPS) is 21.7. The van der Waals surface area contributed by atoms with Gasteiger partial charge in [0.15, 0.2) is 0 Å². The fourth-order valence-corrected chi connectivity index (χ4v) is 3.80. The Hall–Kier alpha value is -1.74. The van der Waals surface area contributed by atoms with Crippen molar-refractivity contribution in [1.82, 2.24) is 14.9 Å². The zero-order valence-electron chi connectivity index (χ0n) is 12.5. The highest BCUT2D eigenvalue weighted by molar-refractivity contribution is 5.33. The lowest BCUT2D eigenvalue weighted by atomic mass is 9.86. The molecule has 0 saturated carbocycles. The lowest BCUT2D eigenvalue weighted by molar-refractivity contribution is 0.159. The van der Waals surface area contributed by atoms with E-state index in [1.807, 2.05) is 13.1 Å². The van der Waals surface area contributed by atoms with Crippen LogP contribution in [0.1, 0.15) is 47.1 Å². The molecule has 0 saturated heterocycles. The van der Waals surface area contributed by atoms with E-state index in [1.54, 1.807) is 5.56 Å². The predicted molar refractivity (Wildman–Crippen MR) is 83.0 cm³/mol. The molecule has 0 fully saturated rings. The molecule has 0 N–H and O–H groups in total. The van der Waals surface area contributed by atoms with Crippen molar-refractivity contribution in [3.63, 3.8) is 0 Å². The molecule has 2 aromatic rings. The summed E-state index contributed by atoms with van der Waals surface area (Å²) < 4.78 is 0. The van der Waals surface area contributed by atoms with Crippen LogP contribution in [0, 0.1) is 6.92 Å². The van der Waals surface area contributed by atoms with Gasteiger partial charge < -0.3 is 0 Å². The second kappa shape index (κ2) is 5.23. The van der Waals surface area contributed by atoms with E-state index in [0.717, 1.165) is 25.3 Å². The first-order chi connectivity index (χ1) is 10.3. The number of hydrogen-bond acceptors (Lipinski definition) is 3. The van der Waals surface area contributed by atoms with Crippen molar-refractivity contribution in [2.75, 3.05) is 6.54 Å². The summed E-state index contributed by atoms with van der Waals surface area (Å²) in [5.74, 6) is 0.889. The molecule has 0 bridgehead atoms. The highest BCUT2D eigenvalue weighted by Gasteiger charge is 2.28. The van der Waals surface area contributed by atoms with Gasteiger partial charge in [0.05, 0.1) is 5.69 Å². The minimum absolute atomic E-state index is 0.568. The fourth-order valence-electron chi connectivity index (χ4n) is 3.80. The van der Waals surface area contributed by atoms with Gasteiger partial charge in [-0.25, -0.2) is 9.97 Å². The maximum atomic E-state index is 4.66. The van der Waals surface area contributed by atoms with Crippen LogP contribution >= 0.6 is 0 Å². The molecule has 1 aliphatic heterocycles. The smallest absolute Gasteiger partial charge is 0.125 e. The molecule has 4 rings (SSSR count). The van der Waals surface area contributed by atoms with Gasteiger partial charge >= 0.3 is 0 Å². The minimum Gasteiger partial charge on any atom is -0.290 e. The number of hydrogen-bond donors (Lipinski definition) is 0. The first-order valence-electron chi connectivity index (χ1n) is 7.94. The van der Waals surface area contributed by atoms with Crippen LogP contribution in [0.2, 0.25) is 0 Å². The topological polar surface area (TPSA) is 29.0 Å². The van der Waals surface area contributed by atoms with E-state index in [4.69, 9.17) is 0 Å². The summed E-state index contributed by atoms with van der Waals surface area (Å²) in [7, 11) is 0. The van der Waals surface area contributed by atoms with E-state index in [1.165, 1.54) is 36.1 Å². The largest absolute Gasteiger partial charge is 0.290 e. The number of aromatic nitrogens is 2. The van der Waals surface area contributed by atoms with Crippen LogP contribution in [0.15, 0.2) is 30.5 Å². The Labute approximate surface area is 126 Å². The minimum atomic E-state index is 0.568. The third-order valence-corrected chi connectivity index (χ3v) is 4.87. The highest BCUT2D eigenvalue weighted by atomic mass is 15.2. The first-order valence-corrected chi connectivity index (χ1v) is 7.94. The third kappa shape index (κ3) is 2.36. The highest BCUT2D eigenvalue weighted by Crippen LogP contribution is 2.36. The molecule has 2 aliphatic rings. The van der Waals surface area contributed by atoms with Gasteiger partial charge in [0.25, 0.3) is 0 Å². The maximum absolute atomic E-state index is 4.66. The van der Waals surface area contributed by atoms with E-state index >= 15 is 0 Å². The van der Waals surface area contributed by atoms with Crippen molar-refractivity contribution in [3.8, 4) is 0 Å². The molecule has 21 heavy (non-hydrogen) atoms. The van der Waals surface area contributed by atoms with E-state index in [-0.39, 0.29) is 0 Å². The summed E-state index contributed by atoms with van der Waals surface area (Å²) in [5.41, 5.74) is 5.65. The van der Waals surface area contributed by atoms with Crippen molar-refractivity contribution in [2.45, 2.75) is 45.2 Å². The van der Waals surface area contributed by atoms with Gasteiger partial charge in [0.2, 0.25) is 0 Å². The molecule has 3 heteroatoms. The fraction of sp³-hybridized carbons (Fsp3) is 0.444. The van der Waals surface area contributed by atoms with E-state index in [9.17, 15) is 0 Å². The molecular formula is C18H21N3. The molecule has 1 aromatic carbocycles. The molecule has 2 heterocycles. The summed E-state index contributed by atoms with van der Waals surface area (Å²) in [6.07, 6.45) is 6.90. The molecule has 1 aromatic heterocycles. The van der Waals surface area contributed by atoms with Crippen LogP contribution < -0.4 is 0 Å². The van der Waals surface area contributed by atoms with E-state index in [0.29, 0.717) is 6.04 Å². The monoisotopic (exact) mass is 279 g/mol. The Kier molecular flexibility index (Phi) is 3.23. The molecule has 3 nitrogen and oxygen atoms in total. The second-order valence-electron chi connectivity index (χ2n) is 6.22. The standard InChI is InChI=1S/C18H21N3/c1-13-19-11-15-9-10-21(12-17(15)20-13)18-8-4-6-14-5-2-3-7-16(14)18/h2-3,5,7,11,18H,4,6,8-10,12H2,1H3. The van der Waals surface area contributed by atoms with Gasteiger partial charge in [-0.15, -0.1) is 0 Å². The Morgan fingerprint density at radius 1 is 1.14 bits per heavy atom. The third-order valence-electron chi connectivity index (χ3n) is 4.87. The Bertz CT molecular complexity index is 665. The summed E-state index contributed by atoms with van der Waals surface area (Å²) in [4.78, 5) is 11.6. The van der Waals surface area contributed by atoms with Crippen LogP contribution in [0.25, 0.3) is 0 Å². The van der Waals surface area contributed by atoms with Gasteiger partial charge in [0.1, 0.15) is 5.82 Å². The van der Waals surface area contributed by atoms with E-state index < -0.39 is 0 Å². The number of rotatable bonds is 1. The zero-order chi connectivity index (χ0) is 14.2. The van der Waals surface area contributed by atoms with Crippen molar-refractivity contribution >= 4 is 0 Å². The summed E-state index contributed by atoms with van der Waals surface area (Å²) >= 11 is 0. The summed E-state index contributed by atoms with van der Waals surface area (Å²) in [5, 5.41) is 0. The molecule has 0 radical (unpaired) electrons. The van der Waals surface area contributed by atoms with Crippen molar-refractivity contribution in [3.05, 3.63) is 58.7 Å². The molecule has 0 spiro atoms. The molecule has 0 amide bonds. The van der Waals surface area contributed by atoms with Gasteiger partial charge in [-0.2, -0.15) is 0 Å².